The monoisotopic (exact) mass is 455 g/mol. The molecule has 0 atom stereocenters. The Kier molecular flexibility index (Phi) is 6.73. The first-order chi connectivity index (χ1) is 14.6. The summed E-state index contributed by atoms with van der Waals surface area (Å²) in [5.74, 6) is -1.73. The molecule has 0 aliphatic carbocycles. The maximum absolute atomic E-state index is 13.2. The van der Waals surface area contributed by atoms with E-state index in [1.807, 2.05) is 0 Å². The van der Waals surface area contributed by atoms with Gasteiger partial charge in [0, 0.05) is 19.6 Å². The van der Waals surface area contributed by atoms with Crippen LogP contribution in [0.25, 0.3) is 0 Å². The summed E-state index contributed by atoms with van der Waals surface area (Å²) < 4.78 is 39.6. The number of thioether (sulfide) groups is 1. The number of hydrogen-bond donors (Lipinski definition) is 1. The van der Waals surface area contributed by atoms with Gasteiger partial charge in [0.1, 0.15) is 6.54 Å². The molecule has 2 aliphatic heterocycles. The number of likely N-dealkylation sites (tertiary alicyclic amines) is 1. The van der Waals surface area contributed by atoms with Crippen LogP contribution < -0.4 is 5.32 Å². The van der Waals surface area contributed by atoms with Crippen LogP contribution >= 0.6 is 11.8 Å². The Hall–Kier alpha value is -2.82. The van der Waals surface area contributed by atoms with Crippen LogP contribution in [0.1, 0.15) is 35.7 Å². The minimum atomic E-state index is -4.64. The lowest BCUT2D eigenvalue weighted by Gasteiger charge is -2.29. The standard InChI is InChI=1S/C20H20F3N3O4S/c1-2-24-15(27)11-26-18(29)16(31-19(26)30)12-7-9-25(10-8-12)17(28)13-5-3-4-6-14(13)20(21,22)23/h3-6H,2,7-11H2,1H3,(H,24,27). The molecular formula is C20H20F3N3O4S. The van der Waals surface area contributed by atoms with Gasteiger partial charge in [-0.25, -0.2) is 0 Å². The summed E-state index contributed by atoms with van der Waals surface area (Å²) in [5, 5.41) is 1.98. The summed E-state index contributed by atoms with van der Waals surface area (Å²) in [6.45, 7) is 1.98. The Morgan fingerprint density at radius 2 is 1.77 bits per heavy atom. The van der Waals surface area contributed by atoms with E-state index in [9.17, 15) is 32.3 Å². The number of halogens is 3. The lowest BCUT2D eigenvalue weighted by molar-refractivity contribution is -0.138. The lowest BCUT2D eigenvalue weighted by Crippen LogP contribution is -2.40. The minimum absolute atomic E-state index is 0.127. The van der Waals surface area contributed by atoms with Crippen LogP contribution in [-0.4, -0.2) is 58.9 Å². The number of alkyl halides is 3. The fraction of sp³-hybridized carbons (Fsp3) is 0.400. The molecule has 2 heterocycles. The molecule has 2 saturated heterocycles. The van der Waals surface area contributed by atoms with Crippen LogP contribution in [0.3, 0.4) is 0 Å². The fourth-order valence-electron chi connectivity index (χ4n) is 3.44. The Morgan fingerprint density at radius 1 is 1.13 bits per heavy atom. The van der Waals surface area contributed by atoms with Gasteiger partial charge in [-0.05, 0) is 49.2 Å². The van der Waals surface area contributed by atoms with Crippen molar-refractivity contribution >= 4 is 34.7 Å². The summed E-state index contributed by atoms with van der Waals surface area (Å²) in [5.41, 5.74) is -0.743. The Bertz CT molecular complexity index is 951. The number of nitrogens with zero attached hydrogens (tertiary/aromatic N) is 2. The molecule has 7 nitrogen and oxygen atoms in total. The molecule has 2 aliphatic rings. The highest BCUT2D eigenvalue weighted by atomic mass is 32.2. The molecule has 11 heteroatoms. The van der Waals surface area contributed by atoms with E-state index in [1.54, 1.807) is 6.92 Å². The van der Waals surface area contributed by atoms with E-state index in [1.165, 1.54) is 17.0 Å². The number of benzene rings is 1. The Labute approximate surface area is 180 Å². The van der Waals surface area contributed by atoms with E-state index in [0.717, 1.165) is 28.8 Å². The molecule has 4 amide bonds. The van der Waals surface area contributed by atoms with Crippen LogP contribution in [0.5, 0.6) is 0 Å². The molecule has 1 aromatic carbocycles. The van der Waals surface area contributed by atoms with Crippen LogP contribution in [0.2, 0.25) is 0 Å². The van der Waals surface area contributed by atoms with Gasteiger partial charge in [-0.2, -0.15) is 13.2 Å². The molecular weight excluding hydrogens is 435 g/mol. The van der Waals surface area contributed by atoms with Crippen LogP contribution in [-0.2, 0) is 15.8 Å². The molecule has 3 rings (SSSR count). The second-order valence-electron chi connectivity index (χ2n) is 6.98. The van der Waals surface area contributed by atoms with E-state index < -0.39 is 40.3 Å². The zero-order valence-electron chi connectivity index (χ0n) is 16.6. The molecule has 31 heavy (non-hydrogen) atoms. The smallest absolute Gasteiger partial charge is 0.355 e. The first-order valence-electron chi connectivity index (χ1n) is 9.61. The number of piperidine rings is 1. The van der Waals surface area contributed by atoms with Gasteiger partial charge in [-0.1, -0.05) is 12.1 Å². The molecule has 2 fully saturated rings. The topological polar surface area (TPSA) is 86.8 Å². The van der Waals surface area contributed by atoms with Gasteiger partial charge in [0.15, 0.2) is 0 Å². The Balaban J connectivity index is 1.71. The summed E-state index contributed by atoms with van der Waals surface area (Å²) >= 11 is 0.745. The first kappa shape index (κ1) is 22.9. The van der Waals surface area contributed by atoms with Crippen molar-refractivity contribution in [2.24, 2.45) is 0 Å². The van der Waals surface area contributed by atoms with Crippen molar-refractivity contribution in [1.29, 1.82) is 0 Å². The number of likely N-dealkylation sites (N-methyl/N-ethyl adjacent to an activating group) is 1. The third kappa shape index (κ3) is 4.92. The largest absolute Gasteiger partial charge is 0.417 e. The summed E-state index contributed by atoms with van der Waals surface area (Å²) in [6.07, 6.45) is -4.12. The van der Waals surface area contributed by atoms with Gasteiger partial charge in [0.25, 0.3) is 17.1 Å². The Morgan fingerprint density at radius 3 is 2.39 bits per heavy atom. The van der Waals surface area contributed by atoms with E-state index in [2.05, 4.69) is 5.32 Å². The van der Waals surface area contributed by atoms with E-state index in [4.69, 9.17) is 0 Å². The first-order valence-corrected chi connectivity index (χ1v) is 10.4. The SMILES string of the molecule is CCNC(=O)CN1C(=O)SC(=C2CCN(C(=O)c3ccccc3C(F)(F)F)CC2)C1=O. The number of carbonyl (C=O) groups excluding carboxylic acids is 4. The number of rotatable bonds is 4. The van der Waals surface area contributed by atoms with Gasteiger partial charge in [-0.15, -0.1) is 0 Å². The number of hydrogen-bond acceptors (Lipinski definition) is 5. The predicted molar refractivity (Wildman–Crippen MR) is 107 cm³/mol. The molecule has 0 aromatic heterocycles. The summed E-state index contributed by atoms with van der Waals surface area (Å²) in [6, 6.07) is 4.62. The highest BCUT2D eigenvalue weighted by Crippen LogP contribution is 2.37. The predicted octanol–water partition coefficient (Wildman–Crippen LogP) is 3.03. The normalized spacial score (nSPS) is 17.4. The summed E-state index contributed by atoms with van der Waals surface area (Å²) in [7, 11) is 0. The average Bonchev–Trinajstić information content (AvgIpc) is 3.01. The van der Waals surface area contributed by atoms with Crippen molar-refractivity contribution in [3.05, 3.63) is 45.9 Å². The number of amides is 4. The van der Waals surface area contributed by atoms with Gasteiger partial charge >= 0.3 is 6.18 Å². The maximum atomic E-state index is 13.2. The van der Waals surface area contributed by atoms with E-state index in [0.29, 0.717) is 12.1 Å². The van der Waals surface area contributed by atoms with Crippen molar-refractivity contribution in [3.8, 4) is 0 Å². The van der Waals surface area contributed by atoms with E-state index >= 15 is 0 Å². The van der Waals surface area contributed by atoms with Crippen molar-refractivity contribution in [2.75, 3.05) is 26.2 Å². The zero-order valence-corrected chi connectivity index (χ0v) is 17.4. The number of carbonyl (C=O) groups is 4. The molecule has 0 spiro atoms. The maximum Gasteiger partial charge on any atom is 0.417 e. The van der Waals surface area contributed by atoms with Crippen LogP contribution in [0, 0.1) is 0 Å². The molecule has 0 unspecified atom stereocenters. The minimum Gasteiger partial charge on any atom is -0.355 e. The van der Waals surface area contributed by atoms with Crippen molar-refractivity contribution < 1.29 is 32.3 Å². The lowest BCUT2D eigenvalue weighted by atomic mass is 10.0. The summed E-state index contributed by atoms with van der Waals surface area (Å²) in [4.78, 5) is 51.5. The molecule has 1 aromatic rings. The van der Waals surface area contributed by atoms with Gasteiger partial charge in [0.2, 0.25) is 5.91 Å². The highest BCUT2D eigenvalue weighted by molar-refractivity contribution is 8.18. The van der Waals surface area contributed by atoms with Gasteiger partial charge < -0.3 is 10.2 Å². The third-order valence-corrected chi connectivity index (χ3v) is 6.03. The number of imide groups is 1. The van der Waals surface area contributed by atoms with Crippen molar-refractivity contribution in [2.45, 2.75) is 25.9 Å². The van der Waals surface area contributed by atoms with Crippen LogP contribution in [0.15, 0.2) is 34.7 Å². The quantitative estimate of drug-likeness (QED) is 0.706. The zero-order chi connectivity index (χ0) is 22.8. The second kappa shape index (κ2) is 9.13. The molecule has 166 valence electrons. The van der Waals surface area contributed by atoms with Gasteiger partial charge in [-0.3, -0.25) is 24.1 Å². The number of nitrogens with one attached hydrogen (secondary N) is 1. The highest BCUT2D eigenvalue weighted by Gasteiger charge is 2.40. The molecule has 0 bridgehead atoms. The van der Waals surface area contributed by atoms with E-state index in [-0.39, 0.29) is 37.4 Å². The molecule has 1 N–H and O–H groups in total. The average molecular weight is 455 g/mol. The molecule has 0 saturated carbocycles. The second-order valence-corrected chi connectivity index (χ2v) is 7.94. The van der Waals surface area contributed by atoms with Crippen molar-refractivity contribution in [3.63, 3.8) is 0 Å². The van der Waals surface area contributed by atoms with Crippen LogP contribution in [0.4, 0.5) is 18.0 Å². The van der Waals surface area contributed by atoms with Crippen molar-refractivity contribution in [1.82, 2.24) is 15.1 Å². The van der Waals surface area contributed by atoms with Gasteiger partial charge in [0.05, 0.1) is 16.0 Å². The third-order valence-electron chi connectivity index (χ3n) is 4.96. The molecule has 0 radical (unpaired) electrons. The fourth-order valence-corrected chi connectivity index (χ4v) is 4.42.